The van der Waals surface area contributed by atoms with Gasteiger partial charge >= 0.3 is 0 Å². The number of hydrogen-bond acceptors (Lipinski definition) is 8. The molecule has 2 aromatic rings. The monoisotopic (exact) mass is 322 g/mol. The molecule has 24 heavy (non-hydrogen) atoms. The van der Waals surface area contributed by atoms with Crippen molar-refractivity contribution in [2.24, 2.45) is 5.10 Å². The molecule has 8 heteroatoms. The molecule has 1 saturated heterocycles. The molecule has 1 N–H and O–H groups in total. The topological polar surface area (TPSA) is 110 Å². The van der Waals surface area contributed by atoms with Crippen LogP contribution in [0.15, 0.2) is 40.3 Å². The normalized spacial score (nSPS) is 13.7. The van der Waals surface area contributed by atoms with Gasteiger partial charge in [0.15, 0.2) is 12.2 Å². The molecule has 2 heterocycles. The van der Waals surface area contributed by atoms with Crippen LogP contribution in [-0.2, 0) is 4.74 Å². The first kappa shape index (κ1) is 15.5. The summed E-state index contributed by atoms with van der Waals surface area (Å²) in [5, 5.41) is 21.5. The molecular weight excluding hydrogens is 308 g/mol. The van der Waals surface area contributed by atoms with Crippen LogP contribution in [0, 0.1) is 22.7 Å². The van der Waals surface area contributed by atoms with Gasteiger partial charge in [-0.1, -0.05) is 0 Å². The number of oxazole rings is 1. The van der Waals surface area contributed by atoms with Crippen molar-refractivity contribution in [2.45, 2.75) is 0 Å². The number of ether oxygens (including phenoxy) is 1. The molecule has 1 aromatic carbocycles. The second-order valence-corrected chi connectivity index (χ2v) is 4.99. The van der Waals surface area contributed by atoms with Crippen LogP contribution in [-0.4, -0.2) is 37.0 Å². The summed E-state index contributed by atoms with van der Waals surface area (Å²) in [6.07, 6.45) is 2.98. The van der Waals surface area contributed by atoms with Crippen molar-refractivity contribution in [3.63, 3.8) is 0 Å². The minimum Gasteiger partial charge on any atom is -0.444 e. The second kappa shape index (κ2) is 7.27. The van der Waals surface area contributed by atoms with Crippen molar-refractivity contribution in [2.75, 3.05) is 36.6 Å². The molecule has 1 aliphatic heterocycles. The Hall–Kier alpha value is -3.36. The van der Waals surface area contributed by atoms with Crippen LogP contribution in [0.2, 0.25) is 0 Å². The Morgan fingerprint density at radius 3 is 2.71 bits per heavy atom. The Balaban J connectivity index is 1.96. The number of hydrogen-bond donors (Lipinski definition) is 1. The lowest BCUT2D eigenvalue weighted by Gasteiger charge is -2.30. The lowest BCUT2D eigenvalue weighted by molar-refractivity contribution is 0.123. The number of rotatable bonds is 4. The first-order valence-electron chi connectivity index (χ1n) is 7.31. The Morgan fingerprint density at radius 1 is 1.25 bits per heavy atom. The van der Waals surface area contributed by atoms with E-state index in [1.807, 2.05) is 18.2 Å². The number of hydrazone groups is 1. The molecule has 1 aliphatic rings. The third-order valence-electron chi connectivity index (χ3n) is 3.57. The maximum Gasteiger partial charge on any atom is 0.237 e. The highest BCUT2D eigenvalue weighted by atomic mass is 16.5. The van der Waals surface area contributed by atoms with Crippen molar-refractivity contribution in [1.29, 1.82) is 10.5 Å². The van der Waals surface area contributed by atoms with Gasteiger partial charge in [0, 0.05) is 18.7 Å². The zero-order chi connectivity index (χ0) is 16.8. The number of nitriles is 2. The number of anilines is 2. The maximum absolute atomic E-state index is 8.83. The third-order valence-corrected chi connectivity index (χ3v) is 3.57. The van der Waals surface area contributed by atoms with Crippen molar-refractivity contribution in [1.82, 2.24) is 4.98 Å². The number of nitrogens with zero attached hydrogens (tertiary/aromatic N) is 5. The van der Waals surface area contributed by atoms with Crippen LogP contribution in [0.5, 0.6) is 0 Å². The van der Waals surface area contributed by atoms with Crippen molar-refractivity contribution < 1.29 is 9.15 Å². The molecule has 3 rings (SSSR count). The Labute approximate surface area is 138 Å². The number of aromatic nitrogens is 1. The van der Waals surface area contributed by atoms with Gasteiger partial charge in [-0.15, -0.1) is 0 Å². The van der Waals surface area contributed by atoms with Crippen LogP contribution < -0.4 is 10.3 Å². The summed E-state index contributed by atoms with van der Waals surface area (Å²) in [6, 6.07) is 9.17. The van der Waals surface area contributed by atoms with Crippen LogP contribution in [0.25, 0.3) is 11.3 Å². The van der Waals surface area contributed by atoms with Crippen molar-refractivity contribution in [3.05, 3.63) is 30.8 Å². The van der Waals surface area contributed by atoms with Crippen LogP contribution in [0.1, 0.15) is 0 Å². The smallest absolute Gasteiger partial charge is 0.237 e. The highest BCUT2D eigenvalue weighted by Crippen LogP contribution is 2.32. The summed E-state index contributed by atoms with van der Waals surface area (Å²) in [7, 11) is 0. The van der Waals surface area contributed by atoms with E-state index < -0.39 is 0 Å². The van der Waals surface area contributed by atoms with Crippen LogP contribution in [0.3, 0.4) is 0 Å². The van der Waals surface area contributed by atoms with Crippen LogP contribution in [0.4, 0.5) is 11.4 Å². The largest absolute Gasteiger partial charge is 0.444 e. The molecule has 0 atom stereocenters. The summed E-state index contributed by atoms with van der Waals surface area (Å²) in [5.41, 5.74) is 4.98. The van der Waals surface area contributed by atoms with Crippen LogP contribution >= 0.6 is 0 Å². The molecule has 0 radical (unpaired) electrons. The van der Waals surface area contributed by atoms with Gasteiger partial charge in [0.1, 0.15) is 12.1 Å². The minimum atomic E-state index is -0.243. The summed E-state index contributed by atoms with van der Waals surface area (Å²) in [6.45, 7) is 2.80. The summed E-state index contributed by atoms with van der Waals surface area (Å²) < 4.78 is 10.7. The van der Waals surface area contributed by atoms with E-state index in [4.69, 9.17) is 19.7 Å². The van der Waals surface area contributed by atoms with Gasteiger partial charge in [-0.05, 0) is 18.2 Å². The van der Waals surface area contributed by atoms with E-state index in [2.05, 4.69) is 20.4 Å². The Morgan fingerprint density at radius 2 is 2.04 bits per heavy atom. The Bertz CT molecular complexity index is 794. The zero-order valence-corrected chi connectivity index (χ0v) is 12.8. The number of benzene rings is 1. The number of morpholine rings is 1. The van der Waals surface area contributed by atoms with E-state index in [1.54, 1.807) is 18.3 Å². The van der Waals surface area contributed by atoms with Gasteiger partial charge in [-0.25, -0.2) is 4.98 Å². The lowest BCUT2D eigenvalue weighted by Crippen LogP contribution is -2.36. The van der Waals surface area contributed by atoms with E-state index in [1.165, 1.54) is 6.39 Å². The summed E-state index contributed by atoms with van der Waals surface area (Å²) >= 11 is 0. The number of nitrogens with one attached hydrogen (secondary N) is 1. The van der Waals surface area contributed by atoms with Crippen molar-refractivity contribution >= 4 is 17.1 Å². The van der Waals surface area contributed by atoms with Gasteiger partial charge in [0.25, 0.3) is 0 Å². The zero-order valence-electron chi connectivity index (χ0n) is 12.8. The predicted octanol–water partition coefficient (Wildman–Crippen LogP) is 1.99. The predicted molar refractivity (Wildman–Crippen MR) is 87.3 cm³/mol. The van der Waals surface area contributed by atoms with Gasteiger partial charge < -0.3 is 14.1 Å². The lowest BCUT2D eigenvalue weighted by atomic mass is 10.1. The molecule has 0 spiro atoms. The second-order valence-electron chi connectivity index (χ2n) is 4.99. The van der Waals surface area contributed by atoms with Gasteiger partial charge in [0.2, 0.25) is 5.71 Å². The first-order chi connectivity index (χ1) is 11.8. The highest BCUT2D eigenvalue weighted by Gasteiger charge is 2.16. The fraction of sp³-hybridized carbons (Fsp3) is 0.250. The SMILES string of the molecule is N#CC(C#N)=NNc1cc(-c2cnco2)ccc1N1CCOCC1. The van der Waals surface area contributed by atoms with E-state index in [0.717, 1.165) is 24.3 Å². The van der Waals surface area contributed by atoms with E-state index in [9.17, 15) is 0 Å². The van der Waals surface area contributed by atoms with Gasteiger partial charge in [0.05, 0.1) is 30.8 Å². The molecule has 0 saturated carbocycles. The van der Waals surface area contributed by atoms with Crippen molar-refractivity contribution in [3.8, 4) is 23.5 Å². The third kappa shape index (κ3) is 3.35. The molecule has 1 aromatic heterocycles. The molecule has 0 aliphatic carbocycles. The minimum absolute atomic E-state index is 0.243. The molecular formula is C16H14N6O2. The van der Waals surface area contributed by atoms with E-state index >= 15 is 0 Å². The van der Waals surface area contributed by atoms with E-state index in [-0.39, 0.29) is 5.71 Å². The Kier molecular flexibility index (Phi) is 4.70. The average molecular weight is 322 g/mol. The molecule has 120 valence electrons. The maximum atomic E-state index is 8.83. The molecule has 8 nitrogen and oxygen atoms in total. The standard InChI is InChI=1S/C16H14N6O2/c17-8-13(9-18)20-21-14-7-12(16-10-19-11-24-16)1-2-15(14)22-3-5-23-6-4-22/h1-2,7,10-11,21H,3-6H2. The molecule has 1 fully saturated rings. The average Bonchev–Trinajstić information content (AvgIpc) is 3.18. The van der Waals surface area contributed by atoms with Gasteiger partial charge in [-0.3, -0.25) is 5.43 Å². The summed E-state index contributed by atoms with van der Waals surface area (Å²) in [5.74, 6) is 0.622. The molecule has 0 amide bonds. The van der Waals surface area contributed by atoms with Gasteiger partial charge in [-0.2, -0.15) is 15.6 Å². The highest BCUT2D eigenvalue weighted by molar-refractivity contribution is 6.10. The molecule has 0 bridgehead atoms. The first-order valence-corrected chi connectivity index (χ1v) is 7.31. The quantitative estimate of drug-likeness (QED) is 0.677. The fourth-order valence-corrected chi connectivity index (χ4v) is 2.41. The van der Waals surface area contributed by atoms with E-state index in [0.29, 0.717) is 24.7 Å². The molecule has 0 unspecified atom stereocenters. The fourth-order valence-electron chi connectivity index (χ4n) is 2.41. The summed E-state index contributed by atoms with van der Waals surface area (Å²) in [4.78, 5) is 6.07.